The van der Waals surface area contributed by atoms with Gasteiger partial charge in [0.15, 0.2) is 0 Å². The number of nitrogens with one attached hydrogen (secondary N) is 2. The van der Waals surface area contributed by atoms with Gasteiger partial charge in [0.25, 0.3) is 0 Å². The minimum Gasteiger partial charge on any atom is -0.379 e. The van der Waals surface area contributed by atoms with E-state index >= 15 is 0 Å². The molecule has 1 saturated heterocycles. The Balaban J connectivity index is 1.93. The Morgan fingerprint density at radius 2 is 2.33 bits per heavy atom. The highest BCUT2D eigenvalue weighted by Gasteiger charge is 2.14. The molecule has 0 aromatic rings. The summed E-state index contributed by atoms with van der Waals surface area (Å²) in [5.41, 5.74) is 0. The Labute approximate surface area is 111 Å². The van der Waals surface area contributed by atoms with Crippen molar-refractivity contribution >= 4 is 5.91 Å². The largest absolute Gasteiger partial charge is 0.379 e. The molecule has 0 aliphatic carbocycles. The van der Waals surface area contributed by atoms with Gasteiger partial charge >= 0.3 is 0 Å². The van der Waals surface area contributed by atoms with Crippen molar-refractivity contribution in [2.75, 3.05) is 26.2 Å². The third-order valence-corrected chi connectivity index (χ3v) is 3.27. The van der Waals surface area contributed by atoms with Gasteiger partial charge in [-0.05, 0) is 58.5 Å². The SMILES string of the molecule is CC(C)OCCCNC(=O)CCC1CCCNC1. The number of carbonyl (C=O) groups excluding carboxylic acids is 1. The summed E-state index contributed by atoms with van der Waals surface area (Å²) in [6.07, 6.45) is 5.37. The van der Waals surface area contributed by atoms with Gasteiger partial charge in [-0.2, -0.15) is 0 Å². The standard InChI is InChI=1S/C14H28N2O2/c1-12(2)18-10-4-9-16-14(17)7-6-13-5-3-8-15-11-13/h12-13,15H,3-11H2,1-2H3,(H,16,17). The third-order valence-electron chi connectivity index (χ3n) is 3.27. The Hall–Kier alpha value is -0.610. The van der Waals surface area contributed by atoms with Crippen LogP contribution < -0.4 is 10.6 Å². The summed E-state index contributed by atoms with van der Waals surface area (Å²) in [5.74, 6) is 0.874. The summed E-state index contributed by atoms with van der Waals surface area (Å²) in [7, 11) is 0. The van der Waals surface area contributed by atoms with E-state index in [0.29, 0.717) is 12.3 Å². The first-order chi connectivity index (χ1) is 8.68. The maximum atomic E-state index is 11.6. The quantitative estimate of drug-likeness (QED) is 0.650. The number of hydrogen-bond acceptors (Lipinski definition) is 3. The van der Waals surface area contributed by atoms with Gasteiger partial charge in [-0.25, -0.2) is 0 Å². The lowest BCUT2D eigenvalue weighted by molar-refractivity contribution is -0.121. The number of hydrogen-bond donors (Lipinski definition) is 2. The average Bonchev–Trinajstić information content (AvgIpc) is 2.37. The van der Waals surface area contributed by atoms with E-state index in [-0.39, 0.29) is 12.0 Å². The Morgan fingerprint density at radius 1 is 1.50 bits per heavy atom. The summed E-state index contributed by atoms with van der Waals surface area (Å²) >= 11 is 0. The molecule has 1 aliphatic heterocycles. The molecule has 0 aromatic carbocycles. The molecule has 1 fully saturated rings. The maximum Gasteiger partial charge on any atom is 0.220 e. The molecule has 1 unspecified atom stereocenters. The topological polar surface area (TPSA) is 50.4 Å². The monoisotopic (exact) mass is 256 g/mol. The molecular weight excluding hydrogens is 228 g/mol. The normalized spacial score (nSPS) is 20.1. The van der Waals surface area contributed by atoms with E-state index in [9.17, 15) is 4.79 Å². The molecule has 0 saturated carbocycles. The summed E-state index contributed by atoms with van der Waals surface area (Å²) in [4.78, 5) is 11.6. The number of piperidine rings is 1. The fourth-order valence-electron chi connectivity index (χ4n) is 2.21. The van der Waals surface area contributed by atoms with E-state index in [2.05, 4.69) is 10.6 Å². The first-order valence-electron chi connectivity index (χ1n) is 7.27. The van der Waals surface area contributed by atoms with Crippen LogP contribution in [0.3, 0.4) is 0 Å². The Bertz CT molecular complexity index is 226. The van der Waals surface area contributed by atoms with Crippen molar-refractivity contribution in [2.24, 2.45) is 5.92 Å². The van der Waals surface area contributed by atoms with Crippen molar-refractivity contribution in [1.29, 1.82) is 0 Å². The molecule has 4 nitrogen and oxygen atoms in total. The molecule has 4 heteroatoms. The van der Waals surface area contributed by atoms with E-state index in [0.717, 1.165) is 39.1 Å². The van der Waals surface area contributed by atoms with Gasteiger partial charge < -0.3 is 15.4 Å². The van der Waals surface area contributed by atoms with Crippen LogP contribution in [0.25, 0.3) is 0 Å². The number of rotatable bonds is 8. The fraction of sp³-hybridized carbons (Fsp3) is 0.929. The second-order valence-corrected chi connectivity index (χ2v) is 5.37. The summed E-state index contributed by atoms with van der Waals surface area (Å²) in [6.45, 7) is 7.72. The van der Waals surface area contributed by atoms with Gasteiger partial charge in [0.2, 0.25) is 5.91 Å². The first kappa shape index (κ1) is 15.4. The average molecular weight is 256 g/mol. The highest BCUT2D eigenvalue weighted by Crippen LogP contribution is 2.15. The smallest absolute Gasteiger partial charge is 0.220 e. The van der Waals surface area contributed by atoms with Crippen LogP contribution in [0.2, 0.25) is 0 Å². The molecule has 1 rings (SSSR count). The molecule has 18 heavy (non-hydrogen) atoms. The van der Waals surface area contributed by atoms with Crippen molar-refractivity contribution < 1.29 is 9.53 Å². The van der Waals surface area contributed by atoms with Crippen molar-refractivity contribution in [1.82, 2.24) is 10.6 Å². The molecule has 1 heterocycles. The van der Waals surface area contributed by atoms with Crippen LogP contribution in [0.5, 0.6) is 0 Å². The van der Waals surface area contributed by atoms with Crippen LogP contribution in [0.4, 0.5) is 0 Å². The zero-order valence-electron chi connectivity index (χ0n) is 11.8. The predicted octanol–water partition coefficient (Wildman–Crippen LogP) is 1.70. The second kappa shape index (κ2) is 9.34. The van der Waals surface area contributed by atoms with Gasteiger partial charge in [0.05, 0.1) is 6.10 Å². The summed E-state index contributed by atoms with van der Waals surface area (Å²) in [5, 5.41) is 6.34. The lowest BCUT2D eigenvalue weighted by atomic mass is 9.94. The highest BCUT2D eigenvalue weighted by atomic mass is 16.5. The molecule has 0 bridgehead atoms. The number of ether oxygens (including phenoxy) is 1. The van der Waals surface area contributed by atoms with Crippen molar-refractivity contribution in [3.63, 3.8) is 0 Å². The van der Waals surface area contributed by atoms with Crippen molar-refractivity contribution in [3.8, 4) is 0 Å². The predicted molar refractivity (Wildman–Crippen MR) is 73.5 cm³/mol. The third kappa shape index (κ3) is 7.67. The zero-order chi connectivity index (χ0) is 13.2. The van der Waals surface area contributed by atoms with Crippen molar-refractivity contribution in [2.45, 2.75) is 52.1 Å². The van der Waals surface area contributed by atoms with Crippen LogP contribution in [-0.4, -0.2) is 38.3 Å². The summed E-state index contributed by atoms with van der Waals surface area (Å²) < 4.78 is 5.42. The van der Waals surface area contributed by atoms with Crippen LogP contribution in [0.1, 0.15) is 46.0 Å². The van der Waals surface area contributed by atoms with Gasteiger partial charge in [-0.3, -0.25) is 4.79 Å². The highest BCUT2D eigenvalue weighted by molar-refractivity contribution is 5.75. The zero-order valence-corrected chi connectivity index (χ0v) is 11.8. The second-order valence-electron chi connectivity index (χ2n) is 5.37. The van der Waals surface area contributed by atoms with E-state index < -0.39 is 0 Å². The minimum atomic E-state index is 0.185. The summed E-state index contributed by atoms with van der Waals surface area (Å²) in [6, 6.07) is 0. The Kier molecular flexibility index (Phi) is 8.01. The van der Waals surface area contributed by atoms with E-state index in [4.69, 9.17) is 4.74 Å². The Morgan fingerprint density at radius 3 is 3.00 bits per heavy atom. The number of amides is 1. The fourth-order valence-corrected chi connectivity index (χ4v) is 2.21. The molecule has 1 aliphatic rings. The maximum absolute atomic E-state index is 11.6. The molecule has 106 valence electrons. The van der Waals surface area contributed by atoms with Crippen LogP contribution >= 0.6 is 0 Å². The molecule has 1 amide bonds. The molecule has 0 radical (unpaired) electrons. The van der Waals surface area contributed by atoms with Gasteiger partial charge in [0.1, 0.15) is 0 Å². The van der Waals surface area contributed by atoms with Crippen molar-refractivity contribution in [3.05, 3.63) is 0 Å². The van der Waals surface area contributed by atoms with Crippen LogP contribution in [0.15, 0.2) is 0 Å². The van der Waals surface area contributed by atoms with E-state index in [1.807, 2.05) is 13.8 Å². The van der Waals surface area contributed by atoms with Gasteiger partial charge in [-0.1, -0.05) is 0 Å². The molecule has 1 atom stereocenters. The van der Waals surface area contributed by atoms with E-state index in [1.54, 1.807) is 0 Å². The van der Waals surface area contributed by atoms with Gasteiger partial charge in [0, 0.05) is 19.6 Å². The number of carbonyl (C=O) groups is 1. The minimum absolute atomic E-state index is 0.185. The molecule has 2 N–H and O–H groups in total. The molecule has 0 aromatic heterocycles. The lowest BCUT2D eigenvalue weighted by Gasteiger charge is -2.22. The van der Waals surface area contributed by atoms with Crippen LogP contribution in [-0.2, 0) is 9.53 Å². The van der Waals surface area contributed by atoms with Crippen LogP contribution in [0, 0.1) is 5.92 Å². The van der Waals surface area contributed by atoms with E-state index in [1.165, 1.54) is 12.8 Å². The molecule has 0 spiro atoms. The molecular formula is C14H28N2O2. The lowest BCUT2D eigenvalue weighted by Crippen LogP contribution is -2.31. The van der Waals surface area contributed by atoms with Gasteiger partial charge in [-0.15, -0.1) is 0 Å². The first-order valence-corrected chi connectivity index (χ1v) is 7.27.